The molecule has 74 valence electrons. The molecule has 0 fully saturated rings. The van der Waals surface area contributed by atoms with Crippen LogP contribution in [0.25, 0.3) is 0 Å². The largest absolute Gasteiger partial charge is 0.364 e. The van der Waals surface area contributed by atoms with Gasteiger partial charge in [-0.3, -0.25) is 0 Å². The molecule has 0 radical (unpaired) electrons. The molecule has 1 aromatic rings. The maximum Gasteiger partial charge on any atom is 0.214 e. The highest BCUT2D eigenvalue weighted by Crippen LogP contribution is 2.19. The van der Waals surface area contributed by atoms with Gasteiger partial charge in [0.2, 0.25) is 10.0 Å². The summed E-state index contributed by atoms with van der Waals surface area (Å²) in [6.45, 7) is 3.86. The highest BCUT2D eigenvalue weighted by atomic mass is 32.2. The van der Waals surface area contributed by atoms with Crippen molar-refractivity contribution in [2.24, 2.45) is 5.14 Å². The van der Waals surface area contributed by atoms with Crippen molar-refractivity contribution < 1.29 is 12.9 Å². The number of nitrogens with two attached hydrogens (primary N) is 1. The average molecular weight is 204 g/mol. The molecule has 0 spiro atoms. The molecule has 0 aromatic carbocycles. The smallest absolute Gasteiger partial charge is 0.214 e. The van der Waals surface area contributed by atoms with E-state index in [9.17, 15) is 8.42 Å². The summed E-state index contributed by atoms with van der Waals surface area (Å²) in [5.74, 6) is -0.0835. The second-order valence-corrected chi connectivity index (χ2v) is 4.79. The van der Waals surface area contributed by atoms with Gasteiger partial charge in [0.1, 0.15) is 17.7 Å². The van der Waals surface area contributed by atoms with Crippen molar-refractivity contribution in [3.8, 4) is 0 Å². The van der Waals surface area contributed by atoms with E-state index in [1.807, 2.05) is 13.8 Å². The van der Waals surface area contributed by atoms with Crippen LogP contribution in [0.3, 0.4) is 0 Å². The average Bonchev–Trinajstić information content (AvgIpc) is 2.31. The van der Waals surface area contributed by atoms with Gasteiger partial charge in [0.05, 0.1) is 0 Å². The van der Waals surface area contributed by atoms with Gasteiger partial charge in [-0.1, -0.05) is 19.0 Å². The molecule has 1 heterocycles. The molecule has 2 N–H and O–H groups in total. The van der Waals surface area contributed by atoms with Crippen LogP contribution in [0.15, 0.2) is 10.8 Å². The minimum atomic E-state index is -3.53. The topological polar surface area (TPSA) is 86.2 Å². The van der Waals surface area contributed by atoms with Crippen LogP contribution in [0.1, 0.15) is 31.0 Å². The Balaban J connectivity index is 2.96. The first kappa shape index (κ1) is 10.2. The first-order chi connectivity index (χ1) is 5.90. The van der Waals surface area contributed by atoms with Gasteiger partial charge in [0.25, 0.3) is 0 Å². The second-order valence-electron chi connectivity index (χ2n) is 3.18. The molecule has 0 saturated carbocycles. The number of aromatic nitrogens is 1. The molecule has 5 nitrogen and oxygen atoms in total. The molecule has 0 aliphatic rings. The summed E-state index contributed by atoms with van der Waals surface area (Å²) in [6, 6.07) is 0. The van der Waals surface area contributed by atoms with Crippen LogP contribution in [-0.2, 0) is 15.8 Å². The van der Waals surface area contributed by atoms with Crippen molar-refractivity contribution in [3.05, 3.63) is 17.5 Å². The Hall–Kier alpha value is -0.880. The molecule has 0 atom stereocenters. The van der Waals surface area contributed by atoms with Crippen LogP contribution < -0.4 is 5.14 Å². The minimum Gasteiger partial charge on any atom is -0.364 e. The van der Waals surface area contributed by atoms with Gasteiger partial charge >= 0.3 is 0 Å². The van der Waals surface area contributed by atoms with Crippen LogP contribution in [0.5, 0.6) is 0 Å². The molecule has 0 aliphatic carbocycles. The maximum absolute atomic E-state index is 10.8. The fourth-order valence-corrected chi connectivity index (χ4v) is 1.64. The van der Waals surface area contributed by atoms with Crippen molar-refractivity contribution in [2.45, 2.75) is 25.5 Å². The molecule has 1 aromatic heterocycles. The number of rotatable bonds is 3. The molecular weight excluding hydrogens is 192 g/mol. The van der Waals surface area contributed by atoms with E-state index in [0.717, 1.165) is 5.56 Å². The lowest BCUT2D eigenvalue weighted by molar-refractivity contribution is 0.413. The summed E-state index contributed by atoms with van der Waals surface area (Å²) in [6.07, 6.45) is 1.45. The first-order valence-electron chi connectivity index (χ1n) is 3.84. The van der Waals surface area contributed by atoms with E-state index in [1.54, 1.807) is 0 Å². The van der Waals surface area contributed by atoms with E-state index in [0.29, 0.717) is 5.69 Å². The van der Waals surface area contributed by atoms with Gasteiger partial charge in [-0.15, -0.1) is 0 Å². The second kappa shape index (κ2) is 3.47. The standard InChI is InChI=1S/C7H12N2O3S/c1-5(2)6-3-12-9-7(6)4-13(8,10)11/h3,5H,4H2,1-2H3,(H2,8,10,11). The van der Waals surface area contributed by atoms with Gasteiger partial charge in [-0.25, -0.2) is 13.6 Å². The van der Waals surface area contributed by atoms with E-state index in [4.69, 9.17) is 5.14 Å². The Morgan fingerprint density at radius 3 is 2.69 bits per heavy atom. The Kier molecular flexibility index (Phi) is 2.72. The Morgan fingerprint density at radius 1 is 1.62 bits per heavy atom. The predicted molar refractivity (Wildman–Crippen MR) is 47.4 cm³/mol. The zero-order valence-corrected chi connectivity index (χ0v) is 8.34. The first-order valence-corrected chi connectivity index (χ1v) is 5.55. The van der Waals surface area contributed by atoms with Gasteiger partial charge < -0.3 is 4.52 Å². The van der Waals surface area contributed by atoms with Crippen molar-refractivity contribution in [1.29, 1.82) is 0 Å². The molecule has 0 amide bonds. The third-order valence-electron chi connectivity index (χ3n) is 1.64. The quantitative estimate of drug-likeness (QED) is 0.780. The summed E-state index contributed by atoms with van der Waals surface area (Å²) in [4.78, 5) is 0. The summed E-state index contributed by atoms with van der Waals surface area (Å²) < 4.78 is 26.2. The van der Waals surface area contributed by atoms with Crippen LogP contribution in [0.4, 0.5) is 0 Å². The third kappa shape index (κ3) is 2.82. The zero-order chi connectivity index (χ0) is 10.1. The highest BCUT2D eigenvalue weighted by Gasteiger charge is 2.15. The Bertz CT molecular complexity index is 380. The minimum absolute atomic E-state index is 0.183. The van der Waals surface area contributed by atoms with E-state index >= 15 is 0 Å². The summed E-state index contributed by atoms with van der Waals surface area (Å²) in [7, 11) is -3.53. The van der Waals surface area contributed by atoms with E-state index < -0.39 is 10.0 Å². The number of hydrogen-bond donors (Lipinski definition) is 1. The number of sulfonamides is 1. The summed E-state index contributed by atoms with van der Waals surface area (Å²) in [5, 5.41) is 8.47. The van der Waals surface area contributed by atoms with Crippen LogP contribution in [0, 0.1) is 0 Å². The third-order valence-corrected chi connectivity index (χ3v) is 2.31. The SMILES string of the molecule is CC(C)c1conc1CS(N)(=O)=O. The normalized spacial score (nSPS) is 12.3. The zero-order valence-electron chi connectivity index (χ0n) is 7.52. The van der Waals surface area contributed by atoms with Crippen LogP contribution >= 0.6 is 0 Å². The Morgan fingerprint density at radius 2 is 2.23 bits per heavy atom. The molecule has 0 bridgehead atoms. The van der Waals surface area contributed by atoms with Gasteiger partial charge in [-0.2, -0.15) is 0 Å². The van der Waals surface area contributed by atoms with Gasteiger partial charge in [0, 0.05) is 5.56 Å². The lowest BCUT2D eigenvalue weighted by Gasteiger charge is -2.01. The molecule has 0 unspecified atom stereocenters. The molecule has 1 rings (SSSR count). The lowest BCUT2D eigenvalue weighted by Crippen LogP contribution is -2.15. The number of primary sulfonamides is 1. The van der Waals surface area contributed by atoms with Crippen molar-refractivity contribution in [1.82, 2.24) is 5.16 Å². The van der Waals surface area contributed by atoms with E-state index in [2.05, 4.69) is 9.68 Å². The number of nitrogens with zero attached hydrogens (tertiary/aromatic N) is 1. The van der Waals surface area contributed by atoms with Crippen LogP contribution in [0.2, 0.25) is 0 Å². The molecule has 6 heteroatoms. The highest BCUT2D eigenvalue weighted by molar-refractivity contribution is 7.88. The summed E-state index contributed by atoms with van der Waals surface area (Å²) in [5.41, 5.74) is 1.19. The summed E-state index contributed by atoms with van der Waals surface area (Å²) >= 11 is 0. The van der Waals surface area contributed by atoms with E-state index in [-0.39, 0.29) is 11.7 Å². The fraction of sp³-hybridized carbons (Fsp3) is 0.571. The van der Waals surface area contributed by atoms with E-state index in [1.165, 1.54) is 6.26 Å². The predicted octanol–water partition coefficient (Wildman–Crippen LogP) is 0.587. The Labute approximate surface area is 77.0 Å². The lowest BCUT2D eigenvalue weighted by atomic mass is 10.1. The van der Waals surface area contributed by atoms with Gasteiger partial charge in [0.15, 0.2) is 0 Å². The fourth-order valence-electron chi connectivity index (χ4n) is 1.04. The monoisotopic (exact) mass is 204 g/mol. The van der Waals surface area contributed by atoms with Crippen molar-refractivity contribution >= 4 is 10.0 Å². The number of hydrogen-bond acceptors (Lipinski definition) is 4. The molecule has 13 heavy (non-hydrogen) atoms. The van der Waals surface area contributed by atoms with Crippen molar-refractivity contribution in [2.75, 3.05) is 0 Å². The molecular formula is C7H12N2O3S. The van der Waals surface area contributed by atoms with Crippen LogP contribution in [-0.4, -0.2) is 13.6 Å². The molecule has 0 aliphatic heterocycles. The maximum atomic E-state index is 10.8. The van der Waals surface area contributed by atoms with Gasteiger partial charge in [-0.05, 0) is 5.92 Å². The van der Waals surface area contributed by atoms with Crippen molar-refractivity contribution in [3.63, 3.8) is 0 Å². The molecule has 0 saturated heterocycles.